The predicted octanol–water partition coefficient (Wildman–Crippen LogP) is 1.75. The van der Waals surface area contributed by atoms with Crippen LogP contribution in [0.2, 0.25) is 0 Å². The third-order valence-corrected chi connectivity index (χ3v) is 3.94. The molecule has 1 saturated heterocycles. The van der Waals surface area contributed by atoms with Gasteiger partial charge in [-0.25, -0.2) is 14.8 Å². The molecule has 0 bridgehead atoms. The van der Waals surface area contributed by atoms with Crippen LogP contribution in [0, 0.1) is 12.3 Å². The van der Waals surface area contributed by atoms with Gasteiger partial charge in [-0.2, -0.15) is 0 Å². The highest BCUT2D eigenvalue weighted by Crippen LogP contribution is 2.20. The third-order valence-electron chi connectivity index (χ3n) is 3.94. The summed E-state index contributed by atoms with van der Waals surface area (Å²) in [6, 6.07) is 8.57. The van der Waals surface area contributed by atoms with Gasteiger partial charge in [0.1, 0.15) is 11.8 Å². The molecule has 0 aliphatic carbocycles. The standard InChI is InChI=1S/C18H21N5O3/c1-13-3-5-14(6-4-13)16(22-18-20-7-2-8-21-18)15(19)17(24)26-23-9-11-25-12-10-23/h2-8,16,19H,9-12H2,1H3,(H,20,21,22). The first kappa shape index (κ1) is 18.0. The number of carbonyl (C=O) groups is 1. The molecular weight excluding hydrogens is 334 g/mol. The second-order valence-corrected chi connectivity index (χ2v) is 5.89. The molecule has 1 fully saturated rings. The lowest BCUT2D eigenvalue weighted by Crippen LogP contribution is -2.41. The topological polar surface area (TPSA) is 100 Å². The number of aromatic nitrogens is 2. The van der Waals surface area contributed by atoms with Gasteiger partial charge in [0.25, 0.3) is 0 Å². The zero-order valence-electron chi connectivity index (χ0n) is 14.5. The van der Waals surface area contributed by atoms with Crippen LogP contribution in [0.3, 0.4) is 0 Å². The van der Waals surface area contributed by atoms with E-state index in [0.717, 1.165) is 11.1 Å². The number of rotatable bonds is 6. The van der Waals surface area contributed by atoms with Gasteiger partial charge in [-0.1, -0.05) is 29.8 Å². The van der Waals surface area contributed by atoms with Crippen LogP contribution in [0.25, 0.3) is 0 Å². The van der Waals surface area contributed by atoms with Gasteiger partial charge >= 0.3 is 5.97 Å². The van der Waals surface area contributed by atoms with E-state index in [1.807, 2.05) is 31.2 Å². The molecule has 1 aliphatic heterocycles. The minimum atomic E-state index is -0.716. The molecule has 8 nitrogen and oxygen atoms in total. The van der Waals surface area contributed by atoms with E-state index in [-0.39, 0.29) is 5.71 Å². The van der Waals surface area contributed by atoms with Crippen molar-refractivity contribution in [3.63, 3.8) is 0 Å². The number of nitrogens with one attached hydrogen (secondary N) is 2. The molecule has 8 heteroatoms. The van der Waals surface area contributed by atoms with Crippen LogP contribution in [0.15, 0.2) is 42.7 Å². The van der Waals surface area contributed by atoms with Gasteiger partial charge in [0.15, 0.2) is 0 Å². The Morgan fingerprint density at radius 1 is 1.23 bits per heavy atom. The molecule has 0 amide bonds. The number of ether oxygens (including phenoxy) is 1. The van der Waals surface area contributed by atoms with E-state index < -0.39 is 12.0 Å². The first-order valence-corrected chi connectivity index (χ1v) is 8.37. The normalized spacial score (nSPS) is 15.9. The summed E-state index contributed by atoms with van der Waals surface area (Å²) in [5, 5.41) is 12.9. The second-order valence-electron chi connectivity index (χ2n) is 5.89. The molecule has 1 aliphatic rings. The average Bonchev–Trinajstić information content (AvgIpc) is 2.68. The van der Waals surface area contributed by atoms with Crippen LogP contribution in [-0.4, -0.2) is 53.0 Å². The lowest BCUT2D eigenvalue weighted by atomic mass is 10.0. The van der Waals surface area contributed by atoms with Crippen LogP contribution in [0.5, 0.6) is 0 Å². The summed E-state index contributed by atoms with van der Waals surface area (Å²) in [5.74, 6) is -0.372. The fraction of sp³-hybridized carbons (Fsp3) is 0.333. The van der Waals surface area contributed by atoms with Crippen LogP contribution < -0.4 is 5.32 Å². The number of anilines is 1. The zero-order chi connectivity index (χ0) is 18.4. The summed E-state index contributed by atoms with van der Waals surface area (Å²) in [4.78, 5) is 26.0. The number of morpholine rings is 1. The molecule has 26 heavy (non-hydrogen) atoms. The van der Waals surface area contributed by atoms with Crippen molar-refractivity contribution < 1.29 is 14.4 Å². The number of hydrogen-bond acceptors (Lipinski definition) is 8. The van der Waals surface area contributed by atoms with Crippen molar-refractivity contribution in [3.8, 4) is 0 Å². The lowest BCUT2D eigenvalue weighted by Gasteiger charge is -2.26. The molecule has 1 aromatic heterocycles. The highest BCUT2D eigenvalue weighted by Gasteiger charge is 2.27. The van der Waals surface area contributed by atoms with Gasteiger partial charge in [0.2, 0.25) is 5.95 Å². The molecule has 3 rings (SSSR count). The number of hydrogen-bond donors (Lipinski definition) is 2. The first-order valence-electron chi connectivity index (χ1n) is 8.37. The van der Waals surface area contributed by atoms with E-state index in [1.54, 1.807) is 18.5 Å². The molecular formula is C18H21N5O3. The summed E-state index contributed by atoms with van der Waals surface area (Å²) in [6.07, 6.45) is 3.19. The maximum atomic E-state index is 12.5. The lowest BCUT2D eigenvalue weighted by molar-refractivity contribution is -0.197. The molecule has 0 spiro atoms. The van der Waals surface area contributed by atoms with Crippen molar-refractivity contribution in [2.75, 3.05) is 31.6 Å². The Morgan fingerprint density at radius 2 is 1.88 bits per heavy atom. The highest BCUT2D eigenvalue weighted by atomic mass is 16.7. The maximum absolute atomic E-state index is 12.5. The van der Waals surface area contributed by atoms with Gasteiger partial charge in [-0.15, -0.1) is 5.06 Å². The van der Waals surface area contributed by atoms with E-state index in [1.165, 1.54) is 5.06 Å². The Kier molecular flexibility index (Phi) is 5.88. The Bertz CT molecular complexity index is 745. The maximum Gasteiger partial charge on any atom is 0.373 e. The van der Waals surface area contributed by atoms with Gasteiger partial charge in [-0.05, 0) is 18.6 Å². The molecule has 0 saturated carbocycles. The molecule has 136 valence electrons. The second kappa shape index (κ2) is 8.50. The van der Waals surface area contributed by atoms with Crippen molar-refractivity contribution in [1.82, 2.24) is 15.0 Å². The molecule has 2 N–H and O–H groups in total. The SMILES string of the molecule is Cc1ccc(C(Nc2ncccn2)C(=N)C(=O)ON2CCOCC2)cc1. The molecule has 1 aromatic carbocycles. The minimum Gasteiger partial charge on any atom is -0.379 e. The first-order chi connectivity index (χ1) is 12.6. The molecule has 1 atom stereocenters. The zero-order valence-corrected chi connectivity index (χ0v) is 14.5. The summed E-state index contributed by atoms with van der Waals surface area (Å²) < 4.78 is 5.23. The summed E-state index contributed by atoms with van der Waals surface area (Å²) in [7, 11) is 0. The van der Waals surface area contributed by atoms with E-state index in [0.29, 0.717) is 32.3 Å². The van der Waals surface area contributed by atoms with Crippen molar-refractivity contribution in [3.05, 3.63) is 53.9 Å². The van der Waals surface area contributed by atoms with Crippen molar-refractivity contribution in [2.45, 2.75) is 13.0 Å². The van der Waals surface area contributed by atoms with Gasteiger partial charge < -0.3 is 14.9 Å². The summed E-state index contributed by atoms with van der Waals surface area (Å²) >= 11 is 0. The highest BCUT2D eigenvalue weighted by molar-refractivity contribution is 6.37. The quantitative estimate of drug-likeness (QED) is 0.761. The van der Waals surface area contributed by atoms with Crippen LogP contribution >= 0.6 is 0 Å². The smallest absolute Gasteiger partial charge is 0.373 e. The van der Waals surface area contributed by atoms with E-state index in [2.05, 4.69) is 15.3 Å². The number of carbonyl (C=O) groups excluding carboxylic acids is 1. The largest absolute Gasteiger partial charge is 0.379 e. The molecule has 1 unspecified atom stereocenters. The van der Waals surface area contributed by atoms with Gasteiger partial charge in [-0.3, -0.25) is 5.41 Å². The van der Waals surface area contributed by atoms with Crippen molar-refractivity contribution in [2.24, 2.45) is 0 Å². The Morgan fingerprint density at radius 3 is 2.54 bits per heavy atom. The van der Waals surface area contributed by atoms with E-state index in [4.69, 9.17) is 15.0 Å². The van der Waals surface area contributed by atoms with Crippen LogP contribution in [0.1, 0.15) is 17.2 Å². The van der Waals surface area contributed by atoms with Crippen molar-refractivity contribution >= 4 is 17.6 Å². The average molecular weight is 355 g/mol. The van der Waals surface area contributed by atoms with Crippen LogP contribution in [-0.2, 0) is 14.4 Å². The van der Waals surface area contributed by atoms with Crippen molar-refractivity contribution in [1.29, 1.82) is 5.41 Å². The van der Waals surface area contributed by atoms with Gasteiger partial charge in [0, 0.05) is 12.4 Å². The summed E-state index contributed by atoms with van der Waals surface area (Å²) in [6.45, 7) is 3.95. The molecule has 0 radical (unpaired) electrons. The summed E-state index contributed by atoms with van der Waals surface area (Å²) in [5.41, 5.74) is 1.63. The molecule has 2 aromatic rings. The fourth-order valence-electron chi connectivity index (χ4n) is 2.51. The Labute approximate surface area is 151 Å². The minimum absolute atomic E-state index is 0.215. The van der Waals surface area contributed by atoms with Gasteiger partial charge in [0.05, 0.1) is 26.3 Å². The number of aryl methyl sites for hydroxylation is 1. The Hall–Kier alpha value is -2.84. The van der Waals surface area contributed by atoms with E-state index >= 15 is 0 Å². The van der Waals surface area contributed by atoms with Crippen LogP contribution in [0.4, 0.5) is 5.95 Å². The Balaban J connectivity index is 1.78. The number of hydroxylamine groups is 2. The number of nitrogens with zero attached hydrogens (tertiary/aromatic N) is 3. The van der Waals surface area contributed by atoms with E-state index in [9.17, 15) is 4.79 Å². The fourth-order valence-corrected chi connectivity index (χ4v) is 2.51. The predicted molar refractivity (Wildman–Crippen MR) is 95.8 cm³/mol. The number of benzene rings is 1. The molecule has 2 heterocycles. The third kappa shape index (κ3) is 4.62. The monoisotopic (exact) mass is 355 g/mol.